The van der Waals surface area contributed by atoms with Gasteiger partial charge in [0.1, 0.15) is 0 Å². The van der Waals surface area contributed by atoms with Crippen molar-refractivity contribution in [1.82, 2.24) is 15.1 Å². The minimum atomic E-state index is 0.348. The molecule has 0 aliphatic carbocycles. The van der Waals surface area contributed by atoms with Crippen LogP contribution in [0, 0.1) is 6.92 Å². The number of pyridine rings is 1. The molecule has 0 radical (unpaired) electrons. The number of hydrogen-bond donors (Lipinski definition) is 1. The molecule has 0 fully saturated rings. The highest BCUT2D eigenvalue weighted by molar-refractivity contribution is 5.70. The van der Waals surface area contributed by atoms with Gasteiger partial charge in [0, 0.05) is 6.20 Å². The fourth-order valence-corrected chi connectivity index (χ4v) is 1.63. The van der Waals surface area contributed by atoms with E-state index >= 15 is 0 Å². The third kappa shape index (κ3) is 1.64. The van der Waals surface area contributed by atoms with Crippen LogP contribution in [0.4, 0.5) is 5.69 Å². The zero-order chi connectivity index (χ0) is 12.5. The highest BCUT2D eigenvalue weighted by Gasteiger charge is 2.16. The number of nitrogens with two attached hydrogens (primary N) is 1. The van der Waals surface area contributed by atoms with Crippen molar-refractivity contribution >= 4 is 5.69 Å². The van der Waals surface area contributed by atoms with Crippen molar-refractivity contribution in [1.29, 1.82) is 0 Å². The fraction of sp³-hybridized carbons (Fsp3) is 0.0833. The number of furan rings is 1. The third-order valence-corrected chi connectivity index (χ3v) is 2.57. The molecule has 0 saturated carbocycles. The monoisotopic (exact) mass is 242 g/mol. The van der Waals surface area contributed by atoms with Crippen molar-refractivity contribution in [3.05, 3.63) is 36.4 Å². The smallest absolute Gasteiger partial charge is 0.260 e. The van der Waals surface area contributed by atoms with E-state index in [4.69, 9.17) is 14.7 Å². The molecule has 0 atom stereocenters. The zero-order valence-corrected chi connectivity index (χ0v) is 9.62. The Labute approximate surface area is 102 Å². The number of anilines is 1. The molecule has 6 nitrogen and oxygen atoms in total. The average molecular weight is 242 g/mol. The first-order valence-corrected chi connectivity index (χ1v) is 5.34. The maximum Gasteiger partial charge on any atom is 0.260 e. The Morgan fingerprint density at radius 3 is 2.89 bits per heavy atom. The molecular formula is C12H10N4O2. The van der Waals surface area contributed by atoms with Gasteiger partial charge in [-0.25, -0.2) is 0 Å². The summed E-state index contributed by atoms with van der Waals surface area (Å²) >= 11 is 0. The Morgan fingerprint density at radius 1 is 1.28 bits per heavy atom. The Morgan fingerprint density at radius 2 is 2.17 bits per heavy atom. The molecule has 3 aromatic heterocycles. The second-order valence-electron chi connectivity index (χ2n) is 3.82. The lowest BCUT2D eigenvalue weighted by Crippen LogP contribution is -1.90. The van der Waals surface area contributed by atoms with Crippen LogP contribution in [0.3, 0.4) is 0 Å². The first-order chi connectivity index (χ1) is 8.75. The molecule has 0 spiro atoms. The SMILES string of the molecule is Cc1ccoc1-c1noc(-c2ccncc2N)n1. The van der Waals surface area contributed by atoms with Crippen molar-refractivity contribution in [2.75, 3.05) is 5.73 Å². The van der Waals surface area contributed by atoms with Gasteiger partial charge in [-0.3, -0.25) is 4.98 Å². The van der Waals surface area contributed by atoms with E-state index in [1.165, 1.54) is 6.20 Å². The maximum atomic E-state index is 5.80. The summed E-state index contributed by atoms with van der Waals surface area (Å²) in [4.78, 5) is 8.17. The average Bonchev–Trinajstić information content (AvgIpc) is 2.98. The van der Waals surface area contributed by atoms with Crippen LogP contribution in [-0.2, 0) is 0 Å². The molecule has 0 aliphatic heterocycles. The highest BCUT2D eigenvalue weighted by atomic mass is 16.5. The third-order valence-electron chi connectivity index (χ3n) is 2.57. The van der Waals surface area contributed by atoms with Gasteiger partial charge in [0.2, 0.25) is 5.82 Å². The van der Waals surface area contributed by atoms with Crippen LogP contribution >= 0.6 is 0 Å². The molecule has 0 saturated heterocycles. The number of aromatic nitrogens is 3. The van der Waals surface area contributed by atoms with E-state index in [0.29, 0.717) is 28.7 Å². The van der Waals surface area contributed by atoms with Crippen LogP contribution in [0.15, 0.2) is 39.7 Å². The summed E-state index contributed by atoms with van der Waals surface area (Å²) in [6.07, 6.45) is 4.74. The Balaban J connectivity index is 2.05. The molecule has 0 aliphatic rings. The maximum absolute atomic E-state index is 5.80. The van der Waals surface area contributed by atoms with Gasteiger partial charge in [0.05, 0.1) is 23.7 Å². The number of aryl methyl sites for hydroxylation is 1. The van der Waals surface area contributed by atoms with Gasteiger partial charge in [0.25, 0.3) is 5.89 Å². The molecule has 3 rings (SSSR count). The van der Waals surface area contributed by atoms with Crippen LogP contribution in [0.2, 0.25) is 0 Å². The molecule has 0 aromatic carbocycles. The summed E-state index contributed by atoms with van der Waals surface area (Å²) in [6.45, 7) is 1.91. The topological polar surface area (TPSA) is 91.0 Å². The Kier molecular flexibility index (Phi) is 2.33. The van der Waals surface area contributed by atoms with E-state index in [-0.39, 0.29) is 0 Å². The second kappa shape index (κ2) is 3.99. The van der Waals surface area contributed by atoms with Crippen molar-refractivity contribution in [3.63, 3.8) is 0 Å². The molecule has 3 aromatic rings. The van der Waals surface area contributed by atoms with E-state index < -0.39 is 0 Å². The van der Waals surface area contributed by atoms with Crippen LogP contribution in [0.5, 0.6) is 0 Å². The van der Waals surface area contributed by atoms with Crippen LogP contribution < -0.4 is 5.73 Å². The highest BCUT2D eigenvalue weighted by Crippen LogP contribution is 2.27. The van der Waals surface area contributed by atoms with Gasteiger partial charge in [-0.05, 0) is 24.6 Å². The molecule has 0 bridgehead atoms. The molecule has 0 amide bonds. The molecule has 2 N–H and O–H groups in total. The number of rotatable bonds is 2. The molecule has 18 heavy (non-hydrogen) atoms. The van der Waals surface area contributed by atoms with E-state index in [1.807, 2.05) is 13.0 Å². The summed E-state index contributed by atoms with van der Waals surface area (Å²) in [5, 5.41) is 3.88. The minimum Gasteiger partial charge on any atom is -0.461 e. The predicted octanol–water partition coefficient (Wildman–Crippen LogP) is 2.28. The second-order valence-corrected chi connectivity index (χ2v) is 3.82. The fourth-order valence-electron chi connectivity index (χ4n) is 1.63. The van der Waals surface area contributed by atoms with E-state index in [1.54, 1.807) is 18.5 Å². The van der Waals surface area contributed by atoms with Crippen molar-refractivity contribution in [3.8, 4) is 23.0 Å². The van der Waals surface area contributed by atoms with Crippen LogP contribution in [0.25, 0.3) is 23.0 Å². The molecule has 3 heterocycles. The Bertz CT molecular complexity index is 687. The number of nitrogens with zero attached hydrogens (tertiary/aromatic N) is 3. The molecule has 6 heteroatoms. The zero-order valence-electron chi connectivity index (χ0n) is 9.62. The number of hydrogen-bond acceptors (Lipinski definition) is 6. The summed E-state index contributed by atoms with van der Waals surface area (Å²) in [5.41, 5.74) is 7.90. The van der Waals surface area contributed by atoms with Crippen LogP contribution in [0.1, 0.15) is 5.56 Å². The van der Waals surface area contributed by atoms with Gasteiger partial charge in [-0.1, -0.05) is 5.16 Å². The predicted molar refractivity (Wildman–Crippen MR) is 64.4 cm³/mol. The normalized spacial score (nSPS) is 10.7. The number of nitrogen functional groups attached to an aromatic ring is 1. The molecule has 90 valence electrons. The summed E-state index contributed by atoms with van der Waals surface area (Å²) < 4.78 is 10.5. The molecular weight excluding hydrogens is 232 g/mol. The minimum absolute atomic E-state index is 0.348. The lowest BCUT2D eigenvalue weighted by Gasteiger charge is -1.96. The molecule has 0 unspecified atom stereocenters. The van der Waals surface area contributed by atoms with Gasteiger partial charge in [0.15, 0.2) is 5.76 Å². The summed E-state index contributed by atoms with van der Waals surface area (Å²) in [5.74, 6) is 1.35. The van der Waals surface area contributed by atoms with Gasteiger partial charge >= 0.3 is 0 Å². The quantitative estimate of drug-likeness (QED) is 0.741. The summed E-state index contributed by atoms with van der Waals surface area (Å²) in [7, 11) is 0. The Hall–Kier alpha value is -2.63. The van der Waals surface area contributed by atoms with Gasteiger partial charge < -0.3 is 14.7 Å². The van der Waals surface area contributed by atoms with Crippen molar-refractivity contribution < 1.29 is 8.94 Å². The van der Waals surface area contributed by atoms with Crippen molar-refractivity contribution in [2.45, 2.75) is 6.92 Å². The standard InChI is InChI=1S/C12H10N4O2/c1-7-3-5-17-10(7)11-15-12(18-16-11)8-2-4-14-6-9(8)13/h2-6H,13H2,1H3. The van der Waals surface area contributed by atoms with Gasteiger partial charge in [-0.2, -0.15) is 4.98 Å². The van der Waals surface area contributed by atoms with E-state index in [9.17, 15) is 0 Å². The largest absolute Gasteiger partial charge is 0.461 e. The lowest BCUT2D eigenvalue weighted by molar-refractivity contribution is 0.429. The first kappa shape index (κ1) is 10.5. The van der Waals surface area contributed by atoms with Crippen LogP contribution in [-0.4, -0.2) is 15.1 Å². The van der Waals surface area contributed by atoms with Gasteiger partial charge in [-0.15, -0.1) is 0 Å². The van der Waals surface area contributed by atoms with Crippen molar-refractivity contribution in [2.24, 2.45) is 0 Å². The first-order valence-electron chi connectivity index (χ1n) is 5.34. The van der Waals surface area contributed by atoms with E-state index in [0.717, 1.165) is 5.56 Å². The summed E-state index contributed by atoms with van der Waals surface area (Å²) in [6, 6.07) is 3.56. The van der Waals surface area contributed by atoms with E-state index in [2.05, 4.69) is 15.1 Å². The lowest BCUT2D eigenvalue weighted by atomic mass is 10.2.